The Kier molecular flexibility index (Phi) is 5.22. The van der Waals surface area contributed by atoms with Crippen molar-refractivity contribution >= 4 is 5.78 Å². The summed E-state index contributed by atoms with van der Waals surface area (Å²) in [5.74, 6) is -0.00380. The van der Waals surface area contributed by atoms with E-state index >= 15 is 0 Å². The highest BCUT2D eigenvalue weighted by Gasteiger charge is 2.10. The van der Waals surface area contributed by atoms with Crippen molar-refractivity contribution in [2.75, 3.05) is 6.61 Å². The van der Waals surface area contributed by atoms with E-state index in [4.69, 9.17) is 5.11 Å². The molecule has 0 heterocycles. The van der Waals surface area contributed by atoms with Gasteiger partial charge >= 0.3 is 0 Å². The molecule has 0 bridgehead atoms. The maximum absolute atomic E-state index is 10.7. The van der Waals surface area contributed by atoms with Crippen molar-refractivity contribution in [1.82, 2.24) is 0 Å². The first kappa shape index (κ1) is 9.63. The molecular formula is C8H16O2. The second-order valence-electron chi connectivity index (χ2n) is 2.63. The third kappa shape index (κ3) is 3.62. The molecule has 0 aliphatic rings. The molecule has 0 aliphatic carbocycles. The van der Waals surface area contributed by atoms with E-state index in [0.717, 1.165) is 19.3 Å². The first-order chi connectivity index (χ1) is 4.72. The fraction of sp³-hybridized carbons (Fsp3) is 0.875. The molecule has 0 fully saturated rings. The van der Waals surface area contributed by atoms with Gasteiger partial charge in [-0.3, -0.25) is 4.79 Å². The molecule has 1 N–H and O–H groups in total. The minimum atomic E-state index is -0.111. The average molecular weight is 144 g/mol. The van der Waals surface area contributed by atoms with Crippen LogP contribution in [0, 0.1) is 5.92 Å². The zero-order valence-electron chi connectivity index (χ0n) is 6.76. The summed E-state index contributed by atoms with van der Waals surface area (Å²) in [5, 5.41) is 8.70. The Morgan fingerprint density at radius 1 is 1.60 bits per heavy atom. The summed E-state index contributed by atoms with van der Waals surface area (Å²) >= 11 is 0. The van der Waals surface area contributed by atoms with Crippen molar-refractivity contribution in [3.8, 4) is 0 Å². The van der Waals surface area contributed by atoms with Gasteiger partial charge in [0.05, 0.1) is 6.61 Å². The SMILES string of the molecule is CCCC[C@@H](CO)C(C)=O. The quantitative estimate of drug-likeness (QED) is 0.632. The first-order valence-electron chi connectivity index (χ1n) is 3.83. The lowest BCUT2D eigenvalue weighted by atomic mass is 10.00. The molecule has 10 heavy (non-hydrogen) atoms. The average Bonchev–Trinajstić information content (AvgIpc) is 1.89. The highest BCUT2D eigenvalue weighted by molar-refractivity contribution is 5.78. The lowest BCUT2D eigenvalue weighted by Gasteiger charge is -2.07. The van der Waals surface area contributed by atoms with Crippen LogP contribution in [0.3, 0.4) is 0 Å². The van der Waals surface area contributed by atoms with Crippen LogP contribution < -0.4 is 0 Å². The molecular weight excluding hydrogens is 128 g/mol. The number of ketones is 1. The molecule has 0 rings (SSSR count). The number of hydrogen-bond acceptors (Lipinski definition) is 2. The Morgan fingerprint density at radius 3 is 2.50 bits per heavy atom. The van der Waals surface area contributed by atoms with Crippen LogP contribution in [-0.4, -0.2) is 17.5 Å². The predicted octanol–water partition coefficient (Wildman–Crippen LogP) is 1.37. The van der Waals surface area contributed by atoms with Crippen LogP contribution in [0.15, 0.2) is 0 Å². The van der Waals surface area contributed by atoms with Gasteiger partial charge in [-0.1, -0.05) is 19.8 Å². The Hall–Kier alpha value is -0.370. The fourth-order valence-electron chi connectivity index (χ4n) is 0.874. The third-order valence-corrected chi connectivity index (χ3v) is 1.70. The van der Waals surface area contributed by atoms with Gasteiger partial charge in [0, 0.05) is 5.92 Å². The molecule has 0 saturated carbocycles. The summed E-state index contributed by atoms with van der Waals surface area (Å²) in [6, 6.07) is 0. The van der Waals surface area contributed by atoms with Gasteiger partial charge in [-0.25, -0.2) is 0 Å². The molecule has 0 saturated heterocycles. The number of rotatable bonds is 5. The standard InChI is InChI=1S/C8H16O2/c1-3-4-5-8(6-9)7(2)10/h8-9H,3-6H2,1-2H3/t8-/m0/s1. The Balaban J connectivity index is 3.50. The summed E-state index contributed by atoms with van der Waals surface area (Å²) < 4.78 is 0. The molecule has 0 radical (unpaired) electrons. The van der Waals surface area contributed by atoms with Crippen LogP contribution in [0.25, 0.3) is 0 Å². The highest BCUT2D eigenvalue weighted by Crippen LogP contribution is 2.08. The van der Waals surface area contributed by atoms with E-state index in [9.17, 15) is 4.79 Å². The Bertz CT molecular complexity index is 99.4. The third-order valence-electron chi connectivity index (χ3n) is 1.70. The predicted molar refractivity (Wildman–Crippen MR) is 40.8 cm³/mol. The monoisotopic (exact) mass is 144 g/mol. The summed E-state index contributed by atoms with van der Waals surface area (Å²) in [6.45, 7) is 3.63. The number of carbonyl (C=O) groups is 1. The minimum absolute atomic E-state index is 0.00926. The number of aliphatic hydroxyl groups excluding tert-OH is 1. The molecule has 0 spiro atoms. The molecule has 0 aromatic rings. The van der Waals surface area contributed by atoms with Crippen molar-refractivity contribution in [3.63, 3.8) is 0 Å². The van der Waals surface area contributed by atoms with Crippen molar-refractivity contribution < 1.29 is 9.90 Å². The molecule has 2 heteroatoms. The largest absolute Gasteiger partial charge is 0.396 e. The van der Waals surface area contributed by atoms with Gasteiger partial charge in [-0.15, -0.1) is 0 Å². The zero-order chi connectivity index (χ0) is 7.98. The second-order valence-corrected chi connectivity index (χ2v) is 2.63. The van der Waals surface area contributed by atoms with E-state index in [1.807, 2.05) is 0 Å². The van der Waals surface area contributed by atoms with Crippen molar-refractivity contribution in [2.45, 2.75) is 33.1 Å². The van der Waals surface area contributed by atoms with Gasteiger partial charge in [0.1, 0.15) is 5.78 Å². The van der Waals surface area contributed by atoms with Crippen LogP contribution in [0.2, 0.25) is 0 Å². The highest BCUT2D eigenvalue weighted by atomic mass is 16.3. The van der Waals surface area contributed by atoms with Crippen LogP contribution in [0.5, 0.6) is 0 Å². The molecule has 0 unspecified atom stereocenters. The topological polar surface area (TPSA) is 37.3 Å². The van der Waals surface area contributed by atoms with E-state index in [1.165, 1.54) is 6.92 Å². The van der Waals surface area contributed by atoms with E-state index in [-0.39, 0.29) is 18.3 Å². The van der Waals surface area contributed by atoms with Crippen molar-refractivity contribution in [1.29, 1.82) is 0 Å². The first-order valence-corrected chi connectivity index (χ1v) is 3.83. The van der Waals surface area contributed by atoms with E-state index in [2.05, 4.69) is 6.92 Å². The van der Waals surface area contributed by atoms with Gasteiger partial charge in [-0.05, 0) is 13.3 Å². The smallest absolute Gasteiger partial charge is 0.135 e. The van der Waals surface area contributed by atoms with Gasteiger partial charge in [-0.2, -0.15) is 0 Å². The number of hydrogen-bond donors (Lipinski definition) is 1. The molecule has 2 nitrogen and oxygen atoms in total. The van der Waals surface area contributed by atoms with Crippen LogP contribution in [-0.2, 0) is 4.79 Å². The Morgan fingerprint density at radius 2 is 2.20 bits per heavy atom. The lowest BCUT2D eigenvalue weighted by Crippen LogP contribution is -2.14. The van der Waals surface area contributed by atoms with Crippen LogP contribution in [0.1, 0.15) is 33.1 Å². The normalized spacial score (nSPS) is 13.1. The lowest BCUT2D eigenvalue weighted by molar-refractivity contribution is -0.122. The number of aliphatic hydroxyl groups is 1. The summed E-state index contributed by atoms with van der Waals surface area (Å²) in [4.78, 5) is 10.7. The molecule has 0 amide bonds. The summed E-state index contributed by atoms with van der Waals surface area (Å²) in [7, 11) is 0. The second kappa shape index (κ2) is 5.42. The zero-order valence-corrected chi connectivity index (χ0v) is 6.76. The number of Topliss-reactive ketones (excluding diaryl/α,β-unsaturated/α-hetero) is 1. The fourth-order valence-corrected chi connectivity index (χ4v) is 0.874. The van der Waals surface area contributed by atoms with Crippen LogP contribution >= 0.6 is 0 Å². The molecule has 60 valence electrons. The van der Waals surface area contributed by atoms with Gasteiger partial charge in [0.15, 0.2) is 0 Å². The van der Waals surface area contributed by atoms with E-state index < -0.39 is 0 Å². The number of unbranched alkanes of at least 4 members (excludes halogenated alkanes) is 1. The van der Waals surface area contributed by atoms with Crippen molar-refractivity contribution in [2.24, 2.45) is 5.92 Å². The summed E-state index contributed by atoms with van der Waals surface area (Å²) in [5.41, 5.74) is 0. The molecule has 0 aliphatic heterocycles. The van der Waals surface area contributed by atoms with Gasteiger partial charge in [0.2, 0.25) is 0 Å². The van der Waals surface area contributed by atoms with E-state index in [1.54, 1.807) is 0 Å². The summed E-state index contributed by atoms with van der Waals surface area (Å²) in [6.07, 6.45) is 2.96. The van der Waals surface area contributed by atoms with Crippen LogP contribution in [0.4, 0.5) is 0 Å². The maximum atomic E-state index is 10.7. The van der Waals surface area contributed by atoms with Crippen molar-refractivity contribution in [3.05, 3.63) is 0 Å². The minimum Gasteiger partial charge on any atom is -0.396 e. The molecule has 0 aromatic heterocycles. The molecule has 1 atom stereocenters. The maximum Gasteiger partial charge on any atom is 0.135 e. The van der Waals surface area contributed by atoms with Gasteiger partial charge in [0.25, 0.3) is 0 Å². The van der Waals surface area contributed by atoms with E-state index in [0.29, 0.717) is 0 Å². The molecule has 0 aromatic carbocycles. The number of carbonyl (C=O) groups excluding carboxylic acids is 1. The van der Waals surface area contributed by atoms with Gasteiger partial charge < -0.3 is 5.11 Å². The Labute approximate surface area is 62.2 Å².